The van der Waals surface area contributed by atoms with Crippen LogP contribution in [0, 0.1) is 0 Å². The quantitative estimate of drug-likeness (QED) is 0.265. The van der Waals surface area contributed by atoms with Crippen LogP contribution >= 0.6 is 12.6 Å². The van der Waals surface area contributed by atoms with Crippen LogP contribution in [-0.4, -0.2) is 34.3 Å². The first-order valence-corrected chi connectivity index (χ1v) is 4.02. The molecule has 0 amide bonds. The Labute approximate surface area is 81.5 Å². The van der Waals surface area contributed by atoms with Crippen molar-refractivity contribution in [1.29, 1.82) is 0 Å². The fraction of sp³-hybridized carbons (Fsp3) is 0. The van der Waals surface area contributed by atoms with Gasteiger partial charge in [-0.05, 0) is 17.0 Å². The lowest BCUT2D eigenvalue weighted by molar-refractivity contribution is 0.422. The molecule has 4 N–H and O–H groups in total. The molecule has 0 aromatic heterocycles. The maximum absolute atomic E-state index is 8.82. The molecule has 7 heteroatoms. The van der Waals surface area contributed by atoms with Crippen molar-refractivity contribution < 1.29 is 20.1 Å². The minimum atomic E-state index is -1.60. The van der Waals surface area contributed by atoms with Gasteiger partial charge in [-0.25, -0.2) is 0 Å². The van der Waals surface area contributed by atoms with E-state index in [-0.39, 0.29) is 10.9 Å². The van der Waals surface area contributed by atoms with Crippen LogP contribution in [0.1, 0.15) is 0 Å². The Morgan fingerprint density at radius 3 is 2.00 bits per heavy atom. The fourth-order valence-corrected chi connectivity index (χ4v) is 1.28. The van der Waals surface area contributed by atoms with Crippen molar-refractivity contribution in [1.82, 2.24) is 0 Å². The molecule has 0 heterocycles. The van der Waals surface area contributed by atoms with E-state index in [1.54, 1.807) is 0 Å². The Morgan fingerprint density at radius 1 is 1.00 bits per heavy atom. The molecule has 0 aliphatic heterocycles. The van der Waals surface area contributed by atoms with Gasteiger partial charge in [-0.1, -0.05) is 12.1 Å². The SMILES string of the molecule is OB(O)c1ccc(B(O)O)c(S)c1. The first-order chi connectivity index (χ1) is 6.02. The summed E-state index contributed by atoms with van der Waals surface area (Å²) in [5.41, 5.74) is 0.488. The summed E-state index contributed by atoms with van der Waals surface area (Å²) in [6.07, 6.45) is 0. The largest absolute Gasteiger partial charge is 0.489 e. The van der Waals surface area contributed by atoms with Gasteiger partial charge in [-0.15, -0.1) is 12.6 Å². The van der Waals surface area contributed by atoms with Crippen molar-refractivity contribution in [2.75, 3.05) is 0 Å². The molecule has 0 spiro atoms. The number of thiol groups is 1. The normalized spacial score (nSPS) is 9.92. The lowest BCUT2D eigenvalue weighted by Gasteiger charge is -2.05. The molecule has 1 rings (SSSR count). The standard InChI is InChI=1S/C6H8B2O4S/c9-7(10)4-1-2-5(8(11)12)6(13)3-4/h1-3,9-13H. The molecule has 0 radical (unpaired) electrons. The molecular formula is C6H8B2O4S. The molecule has 13 heavy (non-hydrogen) atoms. The molecule has 0 atom stereocenters. The second-order valence-corrected chi connectivity index (χ2v) is 3.05. The predicted octanol–water partition coefficient (Wildman–Crippen LogP) is -2.67. The number of rotatable bonds is 2. The molecule has 1 aromatic carbocycles. The number of benzene rings is 1. The van der Waals surface area contributed by atoms with Gasteiger partial charge in [0.15, 0.2) is 0 Å². The molecule has 0 aliphatic rings. The Morgan fingerprint density at radius 2 is 1.62 bits per heavy atom. The Kier molecular flexibility index (Phi) is 3.40. The van der Waals surface area contributed by atoms with E-state index >= 15 is 0 Å². The van der Waals surface area contributed by atoms with Crippen LogP contribution in [0.25, 0.3) is 0 Å². The predicted molar refractivity (Wildman–Crippen MR) is 53.3 cm³/mol. The van der Waals surface area contributed by atoms with Crippen molar-refractivity contribution >= 4 is 37.8 Å². The molecule has 0 fully saturated rings. The average Bonchev–Trinajstić information content (AvgIpc) is 2.03. The van der Waals surface area contributed by atoms with Gasteiger partial charge in [0, 0.05) is 4.90 Å². The second kappa shape index (κ2) is 4.17. The van der Waals surface area contributed by atoms with Gasteiger partial charge in [0.25, 0.3) is 0 Å². The zero-order valence-corrected chi connectivity index (χ0v) is 7.52. The fourth-order valence-electron chi connectivity index (χ4n) is 0.940. The third kappa shape index (κ3) is 2.49. The van der Waals surface area contributed by atoms with E-state index < -0.39 is 14.2 Å². The third-order valence-electron chi connectivity index (χ3n) is 1.63. The van der Waals surface area contributed by atoms with Crippen molar-refractivity contribution in [3.8, 4) is 0 Å². The van der Waals surface area contributed by atoms with Crippen molar-refractivity contribution in [3.63, 3.8) is 0 Å². The summed E-state index contributed by atoms with van der Waals surface area (Å²) in [7, 11) is -3.17. The van der Waals surface area contributed by atoms with E-state index in [1.807, 2.05) is 0 Å². The highest BCUT2D eigenvalue weighted by molar-refractivity contribution is 7.80. The third-order valence-corrected chi connectivity index (χ3v) is 2.02. The summed E-state index contributed by atoms with van der Waals surface area (Å²) in [6.45, 7) is 0. The minimum Gasteiger partial charge on any atom is -0.423 e. The van der Waals surface area contributed by atoms with Crippen molar-refractivity contribution in [2.24, 2.45) is 0 Å². The molecule has 4 nitrogen and oxygen atoms in total. The zero-order valence-electron chi connectivity index (χ0n) is 6.62. The Balaban J connectivity index is 3.06. The topological polar surface area (TPSA) is 80.9 Å². The molecule has 0 unspecified atom stereocenters. The van der Waals surface area contributed by atoms with Crippen LogP contribution in [0.5, 0.6) is 0 Å². The summed E-state index contributed by atoms with van der Waals surface area (Å²) >= 11 is 3.96. The summed E-state index contributed by atoms with van der Waals surface area (Å²) in [5.74, 6) is 0. The van der Waals surface area contributed by atoms with Crippen LogP contribution in [0.4, 0.5) is 0 Å². The second-order valence-electron chi connectivity index (χ2n) is 2.57. The summed E-state index contributed by atoms with van der Waals surface area (Å²) in [6, 6.07) is 4.13. The number of hydrogen-bond acceptors (Lipinski definition) is 5. The summed E-state index contributed by atoms with van der Waals surface area (Å²) in [4.78, 5) is 0.306. The summed E-state index contributed by atoms with van der Waals surface area (Å²) in [5, 5.41) is 35.2. The van der Waals surface area contributed by atoms with E-state index in [0.717, 1.165) is 0 Å². The first kappa shape index (κ1) is 10.6. The molecule has 0 aliphatic carbocycles. The van der Waals surface area contributed by atoms with E-state index in [4.69, 9.17) is 20.1 Å². The molecule has 0 saturated heterocycles. The highest BCUT2D eigenvalue weighted by atomic mass is 32.1. The van der Waals surface area contributed by atoms with Crippen LogP contribution < -0.4 is 10.9 Å². The first-order valence-electron chi connectivity index (χ1n) is 3.57. The van der Waals surface area contributed by atoms with Gasteiger partial charge in [-0.3, -0.25) is 0 Å². The lowest BCUT2D eigenvalue weighted by Crippen LogP contribution is -2.36. The van der Waals surface area contributed by atoms with Crippen LogP contribution in [0.2, 0.25) is 0 Å². The van der Waals surface area contributed by atoms with Crippen LogP contribution in [-0.2, 0) is 0 Å². The Bertz CT molecular complexity index is 305. The van der Waals surface area contributed by atoms with Gasteiger partial charge in [0.2, 0.25) is 0 Å². The van der Waals surface area contributed by atoms with Crippen molar-refractivity contribution in [2.45, 2.75) is 4.90 Å². The highest BCUT2D eigenvalue weighted by Gasteiger charge is 2.17. The smallest absolute Gasteiger partial charge is 0.423 e. The van der Waals surface area contributed by atoms with E-state index in [1.165, 1.54) is 18.2 Å². The molecule has 0 saturated carbocycles. The minimum absolute atomic E-state index is 0.229. The average molecular weight is 198 g/mol. The van der Waals surface area contributed by atoms with E-state index in [0.29, 0.717) is 4.90 Å². The maximum atomic E-state index is 8.82. The van der Waals surface area contributed by atoms with E-state index in [2.05, 4.69) is 12.6 Å². The van der Waals surface area contributed by atoms with Gasteiger partial charge < -0.3 is 20.1 Å². The lowest BCUT2D eigenvalue weighted by atomic mass is 9.75. The molecule has 1 aromatic rings. The van der Waals surface area contributed by atoms with Gasteiger partial charge in [0.05, 0.1) is 0 Å². The van der Waals surface area contributed by atoms with E-state index in [9.17, 15) is 0 Å². The van der Waals surface area contributed by atoms with Crippen LogP contribution in [0.3, 0.4) is 0 Å². The summed E-state index contributed by atoms with van der Waals surface area (Å²) < 4.78 is 0. The molecule has 0 bridgehead atoms. The van der Waals surface area contributed by atoms with Gasteiger partial charge >= 0.3 is 14.2 Å². The highest BCUT2D eigenvalue weighted by Crippen LogP contribution is 2.00. The monoisotopic (exact) mass is 198 g/mol. The number of hydrogen-bond donors (Lipinski definition) is 5. The zero-order chi connectivity index (χ0) is 10.0. The van der Waals surface area contributed by atoms with Crippen LogP contribution in [0.15, 0.2) is 23.1 Å². The van der Waals surface area contributed by atoms with Crippen molar-refractivity contribution in [3.05, 3.63) is 18.2 Å². The van der Waals surface area contributed by atoms with Gasteiger partial charge in [-0.2, -0.15) is 0 Å². The van der Waals surface area contributed by atoms with Gasteiger partial charge in [0.1, 0.15) is 0 Å². The Hall–Kier alpha value is -0.460. The molecular weight excluding hydrogens is 190 g/mol. The maximum Gasteiger partial charge on any atom is 0.489 e. The molecule has 68 valence electrons.